The maximum absolute atomic E-state index is 5.47. The maximum atomic E-state index is 5.47. The minimum absolute atomic E-state index is 0.639. The lowest BCUT2D eigenvalue weighted by atomic mass is 10.0. The lowest BCUT2D eigenvalue weighted by Gasteiger charge is -2.11. The van der Waals surface area contributed by atoms with Crippen LogP contribution in [-0.4, -0.2) is 28.9 Å². The van der Waals surface area contributed by atoms with Gasteiger partial charge in [0.2, 0.25) is 0 Å². The topological polar surface area (TPSA) is 60.9 Å². The molecule has 0 aliphatic carbocycles. The van der Waals surface area contributed by atoms with Crippen molar-refractivity contribution in [2.45, 2.75) is 0 Å². The number of rotatable bonds is 5. The van der Waals surface area contributed by atoms with Crippen LogP contribution in [0, 0.1) is 0 Å². The average molecular weight is 741 g/mol. The summed E-state index contributed by atoms with van der Waals surface area (Å²) in [5, 5.41) is 5.96. The van der Waals surface area contributed by atoms with Gasteiger partial charge >= 0.3 is 0 Å². The van der Waals surface area contributed by atoms with Crippen molar-refractivity contribution in [2.24, 2.45) is 0 Å². The van der Waals surface area contributed by atoms with E-state index in [1.54, 1.807) is 0 Å². The first-order valence-electron chi connectivity index (χ1n) is 19.5. The molecule has 0 N–H and O–H groups in total. The van der Waals surface area contributed by atoms with Crippen LogP contribution in [0.3, 0.4) is 0 Å². The van der Waals surface area contributed by atoms with E-state index in [1.165, 1.54) is 21.5 Å². The summed E-state index contributed by atoms with van der Waals surface area (Å²) in [6.45, 7) is 0. The second-order valence-corrected chi connectivity index (χ2v) is 14.7. The van der Waals surface area contributed by atoms with E-state index >= 15 is 0 Å². The number of pyridine rings is 1. The number of aromatic nitrogens is 6. The van der Waals surface area contributed by atoms with E-state index in [-0.39, 0.29) is 0 Å². The molecule has 0 atom stereocenters. The van der Waals surface area contributed by atoms with Crippen LogP contribution in [0.5, 0.6) is 0 Å². The first-order chi connectivity index (χ1) is 28.8. The van der Waals surface area contributed by atoms with Crippen molar-refractivity contribution in [1.82, 2.24) is 28.9 Å². The van der Waals surface area contributed by atoms with Crippen molar-refractivity contribution in [1.29, 1.82) is 0 Å². The number of fused-ring (bicyclic) bond motifs is 12. The zero-order valence-electron chi connectivity index (χ0n) is 31.2. The lowest BCUT2D eigenvalue weighted by molar-refractivity contribution is 1.07. The molecule has 0 unspecified atom stereocenters. The Hall–Kier alpha value is -7.96. The molecule has 12 aromatic rings. The molecule has 0 bridgehead atoms. The van der Waals surface area contributed by atoms with Crippen LogP contribution in [0.4, 0.5) is 0 Å². The summed E-state index contributed by atoms with van der Waals surface area (Å²) in [5.74, 6) is 1.94. The fraction of sp³-hybridized carbons (Fsp3) is 0. The fourth-order valence-electron chi connectivity index (χ4n) is 8.64. The zero-order chi connectivity index (χ0) is 38.2. The van der Waals surface area contributed by atoms with E-state index in [1.807, 2.05) is 60.7 Å². The summed E-state index contributed by atoms with van der Waals surface area (Å²) >= 11 is 0. The van der Waals surface area contributed by atoms with Crippen molar-refractivity contribution < 1.29 is 0 Å². The molecule has 4 aromatic heterocycles. The molecule has 0 saturated heterocycles. The molecule has 0 aliphatic heterocycles. The van der Waals surface area contributed by atoms with Gasteiger partial charge in [0, 0.05) is 43.9 Å². The highest BCUT2D eigenvalue weighted by Gasteiger charge is 2.20. The van der Waals surface area contributed by atoms with Crippen molar-refractivity contribution in [3.8, 4) is 51.0 Å². The Morgan fingerprint density at radius 2 is 0.759 bits per heavy atom. The molecule has 58 heavy (non-hydrogen) atoms. The average Bonchev–Trinajstić information content (AvgIpc) is 3.87. The van der Waals surface area contributed by atoms with Crippen LogP contribution in [0.1, 0.15) is 0 Å². The Labute approximate surface area is 333 Å². The third kappa shape index (κ3) is 4.98. The number of para-hydroxylation sites is 2. The molecule has 6 heteroatoms. The number of imidazole rings is 1. The highest BCUT2D eigenvalue weighted by atomic mass is 15.1. The highest BCUT2D eigenvalue weighted by molar-refractivity contribution is 6.20. The van der Waals surface area contributed by atoms with Crippen LogP contribution in [0.15, 0.2) is 194 Å². The third-order valence-electron chi connectivity index (χ3n) is 11.4. The van der Waals surface area contributed by atoms with E-state index in [9.17, 15) is 0 Å². The van der Waals surface area contributed by atoms with Gasteiger partial charge in [0.05, 0.1) is 22.1 Å². The molecule has 6 nitrogen and oxygen atoms in total. The summed E-state index contributed by atoms with van der Waals surface area (Å²) in [7, 11) is 0. The molecule has 0 spiro atoms. The highest BCUT2D eigenvalue weighted by Crippen LogP contribution is 2.40. The van der Waals surface area contributed by atoms with Crippen molar-refractivity contribution >= 4 is 60.2 Å². The Bertz CT molecular complexity index is 3470. The van der Waals surface area contributed by atoms with E-state index in [4.69, 9.17) is 19.9 Å². The summed E-state index contributed by atoms with van der Waals surface area (Å²) in [6, 6.07) is 67.9. The van der Waals surface area contributed by atoms with Crippen molar-refractivity contribution in [3.63, 3.8) is 0 Å². The van der Waals surface area contributed by atoms with E-state index in [0.717, 1.165) is 72.1 Å². The fourth-order valence-corrected chi connectivity index (χ4v) is 8.64. The van der Waals surface area contributed by atoms with Gasteiger partial charge in [-0.15, -0.1) is 0 Å². The Kier molecular flexibility index (Phi) is 7.13. The number of hydrogen-bond acceptors (Lipinski definition) is 4. The van der Waals surface area contributed by atoms with Crippen LogP contribution in [-0.2, 0) is 0 Å². The van der Waals surface area contributed by atoms with Crippen LogP contribution in [0.2, 0.25) is 0 Å². The quantitative estimate of drug-likeness (QED) is 0.165. The van der Waals surface area contributed by atoms with Gasteiger partial charge in [-0.05, 0) is 52.9 Å². The number of benzene rings is 8. The minimum atomic E-state index is 0.639. The van der Waals surface area contributed by atoms with Gasteiger partial charge < -0.3 is 4.57 Å². The van der Waals surface area contributed by atoms with Crippen molar-refractivity contribution in [2.75, 3.05) is 0 Å². The van der Waals surface area contributed by atoms with Crippen molar-refractivity contribution in [3.05, 3.63) is 194 Å². The number of hydrogen-bond donors (Lipinski definition) is 0. The molecule has 8 aromatic carbocycles. The molecule has 270 valence electrons. The minimum Gasteiger partial charge on any atom is -0.307 e. The first-order valence-corrected chi connectivity index (χ1v) is 19.5. The van der Waals surface area contributed by atoms with Gasteiger partial charge in [0.1, 0.15) is 11.2 Å². The second-order valence-electron chi connectivity index (χ2n) is 14.7. The van der Waals surface area contributed by atoms with E-state index in [0.29, 0.717) is 17.5 Å². The summed E-state index contributed by atoms with van der Waals surface area (Å²) in [6.07, 6.45) is 0. The molecule has 0 radical (unpaired) electrons. The molecule has 0 saturated carbocycles. The smallest absolute Gasteiger partial charge is 0.164 e. The maximum Gasteiger partial charge on any atom is 0.164 e. The Morgan fingerprint density at radius 3 is 1.38 bits per heavy atom. The van der Waals surface area contributed by atoms with Gasteiger partial charge in [0.15, 0.2) is 17.5 Å². The van der Waals surface area contributed by atoms with E-state index in [2.05, 4.69) is 142 Å². The molecular weight excluding hydrogens is 709 g/mol. The standard InChI is InChI=1S/C52H32N6/c1-3-13-35(14-4-1)49-54-50(36-15-5-2-6-16-36)56-51(55-49)37-25-23-33(24-26-37)34-27-29-38(30-28-34)57-44-21-11-10-19-41(44)42-31-32-46-47(48(42)57)53-52-43-20-8-7-17-39(43)40-18-9-12-22-45(40)58(46)52/h1-32H. The second kappa shape index (κ2) is 12.8. The SMILES string of the molecule is c1ccc(-c2nc(-c3ccccc3)nc(-c3ccc(-c4ccc(-n5c6ccccc6c6ccc7c(nc8c9ccccc9c9ccccc9n78)c65)cc4)cc3)n2)cc1. The largest absolute Gasteiger partial charge is 0.307 e. The molecule has 0 amide bonds. The first kappa shape index (κ1) is 32.3. The zero-order valence-corrected chi connectivity index (χ0v) is 31.2. The molecular formula is C52H32N6. The monoisotopic (exact) mass is 740 g/mol. The predicted molar refractivity (Wildman–Crippen MR) is 237 cm³/mol. The lowest BCUT2D eigenvalue weighted by Crippen LogP contribution is -2.00. The van der Waals surface area contributed by atoms with Gasteiger partial charge in [-0.3, -0.25) is 4.40 Å². The van der Waals surface area contributed by atoms with Crippen LogP contribution in [0.25, 0.3) is 111 Å². The third-order valence-corrected chi connectivity index (χ3v) is 11.4. The Balaban J connectivity index is 0.973. The van der Waals surface area contributed by atoms with Gasteiger partial charge in [-0.1, -0.05) is 158 Å². The van der Waals surface area contributed by atoms with Gasteiger partial charge in [-0.25, -0.2) is 19.9 Å². The van der Waals surface area contributed by atoms with Gasteiger partial charge in [0.25, 0.3) is 0 Å². The summed E-state index contributed by atoms with van der Waals surface area (Å²) in [5.41, 5.74) is 12.6. The summed E-state index contributed by atoms with van der Waals surface area (Å²) < 4.78 is 4.72. The molecule has 12 rings (SSSR count). The normalized spacial score (nSPS) is 11.8. The van der Waals surface area contributed by atoms with E-state index < -0.39 is 0 Å². The van der Waals surface area contributed by atoms with Gasteiger partial charge in [-0.2, -0.15) is 0 Å². The predicted octanol–water partition coefficient (Wildman–Crippen LogP) is 12.7. The summed E-state index contributed by atoms with van der Waals surface area (Å²) in [4.78, 5) is 20.2. The van der Waals surface area contributed by atoms with Crippen LogP contribution >= 0.6 is 0 Å². The Morgan fingerprint density at radius 1 is 0.293 bits per heavy atom. The molecule has 0 fully saturated rings. The molecule has 4 heterocycles. The molecule has 0 aliphatic rings. The van der Waals surface area contributed by atoms with Crippen LogP contribution < -0.4 is 0 Å². The number of nitrogens with zero attached hydrogens (tertiary/aromatic N) is 6.